The fourth-order valence-electron chi connectivity index (χ4n) is 8.31. The van der Waals surface area contributed by atoms with Gasteiger partial charge >= 0.3 is 5.97 Å². The Balaban J connectivity index is 1.86. The molecule has 3 aromatic rings. The number of rotatable bonds is 35. The van der Waals surface area contributed by atoms with Crippen LogP contribution < -0.4 is 75.7 Å². The summed E-state index contributed by atoms with van der Waals surface area (Å²) in [4.78, 5) is 174. The van der Waals surface area contributed by atoms with Crippen molar-refractivity contribution in [2.45, 2.75) is 122 Å². The van der Waals surface area contributed by atoms with Crippen LogP contribution in [0.15, 0.2) is 77.8 Å². The third-order valence-corrected chi connectivity index (χ3v) is 13.2. The van der Waals surface area contributed by atoms with Crippen molar-refractivity contribution in [3.05, 3.63) is 83.9 Å². The summed E-state index contributed by atoms with van der Waals surface area (Å²) in [7, 11) is 0. The Kier molecular flexibility index (Phi) is 29.6. The van der Waals surface area contributed by atoms with Gasteiger partial charge in [-0.05, 0) is 53.5 Å². The Morgan fingerprint density at radius 2 is 1.01 bits per heavy atom. The van der Waals surface area contributed by atoms with E-state index in [2.05, 4.69) is 76.1 Å². The molecule has 30 nitrogen and oxygen atoms in total. The number of aliphatic carboxylic acids is 1. The molecular formula is C56H79N15O15S. The molecule has 0 saturated carbocycles. The number of fused-ring (bicyclic) bond motifs is 1. The van der Waals surface area contributed by atoms with Crippen LogP contribution in [-0.4, -0.2) is 180 Å². The van der Waals surface area contributed by atoms with Gasteiger partial charge in [0.05, 0.1) is 32.3 Å². The zero-order chi connectivity index (χ0) is 65.0. The summed E-state index contributed by atoms with van der Waals surface area (Å²) in [6.07, 6.45) is -2.71. The van der Waals surface area contributed by atoms with Crippen molar-refractivity contribution in [3.8, 4) is 0 Å². The molecule has 474 valence electrons. The van der Waals surface area contributed by atoms with Crippen LogP contribution in [0.5, 0.6) is 0 Å². The molecule has 31 heteroatoms. The zero-order valence-corrected chi connectivity index (χ0v) is 49.8. The average Bonchev–Trinajstić information content (AvgIpc) is 2.44. The van der Waals surface area contributed by atoms with Gasteiger partial charge in [0.25, 0.3) is 0 Å². The number of hydrogen-bond donors (Lipinski definition) is 17. The third kappa shape index (κ3) is 26.6. The highest BCUT2D eigenvalue weighted by molar-refractivity contribution is 7.80. The molecule has 87 heavy (non-hydrogen) atoms. The summed E-state index contributed by atoms with van der Waals surface area (Å²) >= 11 is 4.05. The van der Waals surface area contributed by atoms with Crippen LogP contribution in [0.2, 0.25) is 0 Å². The number of thiol groups is 1. The molecule has 8 atom stereocenters. The lowest BCUT2D eigenvalue weighted by Crippen LogP contribution is -2.59. The fourth-order valence-corrected chi connectivity index (χ4v) is 8.57. The van der Waals surface area contributed by atoms with Gasteiger partial charge in [0.15, 0.2) is 5.96 Å². The summed E-state index contributed by atoms with van der Waals surface area (Å²) < 4.78 is 0. The topological polar surface area (TPSA) is 485 Å². The minimum atomic E-state index is -1.69. The monoisotopic (exact) mass is 1230 g/mol. The molecular weight excluding hydrogens is 1150 g/mol. The number of benzene rings is 3. The van der Waals surface area contributed by atoms with Gasteiger partial charge in [0.1, 0.15) is 42.3 Å². The molecule has 0 radical (unpaired) electrons. The lowest BCUT2D eigenvalue weighted by atomic mass is 9.87. The van der Waals surface area contributed by atoms with Gasteiger partial charge in [-0.15, -0.1) is 0 Å². The first kappa shape index (κ1) is 71.9. The Morgan fingerprint density at radius 1 is 0.540 bits per heavy atom. The second-order valence-corrected chi connectivity index (χ2v) is 21.6. The Hall–Kier alpha value is -9.39. The number of hydrogen-bond acceptors (Lipinski definition) is 16. The van der Waals surface area contributed by atoms with E-state index >= 15 is 0 Å². The lowest BCUT2D eigenvalue weighted by Gasteiger charge is -2.28. The number of carbonyl (C=O) groups is 13. The van der Waals surface area contributed by atoms with E-state index in [1.165, 1.54) is 6.92 Å². The number of primary amides is 1. The summed E-state index contributed by atoms with van der Waals surface area (Å²) in [6, 6.07) is 11.0. The Labute approximate surface area is 507 Å². The zero-order valence-electron chi connectivity index (χ0n) is 48.9. The third-order valence-electron chi connectivity index (χ3n) is 12.8. The van der Waals surface area contributed by atoms with Crippen LogP contribution in [-0.2, 0) is 75.2 Å². The van der Waals surface area contributed by atoms with E-state index in [0.29, 0.717) is 11.1 Å². The van der Waals surface area contributed by atoms with Gasteiger partial charge in [-0.2, -0.15) is 12.6 Å². The number of aliphatic imine (C=N–C) groups is 1. The highest BCUT2D eigenvalue weighted by atomic mass is 32.1. The largest absolute Gasteiger partial charge is 0.480 e. The van der Waals surface area contributed by atoms with E-state index in [-0.39, 0.29) is 43.9 Å². The van der Waals surface area contributed by atoms with Crippen LogP contribution >= 0.6 is 12.6 Å². The molecule has 3 aromatic carbocycles. The molecule has 0 aliphatic heterocycles. The van der Waals surface area contributed by atoms with Crippen molar-refractivity contribution >= 4 is 106 Å². The van der Waals surface area contributed by atoms with Crippen LogP contribution in [0.25, 0.3) is 10.8 Å². The number of nitrogens with zero attached hydrogens (tertiary/aromatic N) is 1. The molecule has 0 aliphatic rings. The maximum atomic E-state index is 14.6. The quantitative estimate of drug-likeness (QED) is 0.0114. The van der Waals surface area contributed by atoms with Crippen LogP contribution in [0.3, 0.4) is 0 Å². The minimum absolute atomic E-state index is 0.0517. The first-order chi connectivity index (χ1) is 41.0. The number of carboxylic acids is 1. The normalized spacial score (nSPS) is 13.7. The predicted octanol–water partition coefficient (Wildman–Crippen LogP) is -4.74. The number of amides is 12. The molecule has 0 saturated heterocycles. The average molecular weight is 1230 g/mol. The molecule has 0 unspecified atom stereocenters. The molecule has 0 bridgehead atoms. The van der Waals surface area contributed by atoms with Gasteiger partial charge in [-0.1, -0.05) is 93.6 Å². The van der Waals surface area contributed by atoms with Crippen molar-refractivity contribution in [2.24, 2.45) is 27.6 Å². The second-order valence-electron chi connectivity index (χ2n) is 21.2. The molecule has 0 aliphatic carbocycles. The summed E-state index contributed by atoms with van der Waals surface area (Å²) in [5.41, 5.74) is 16.5. The smallest absolute Gasteiger partial charge is 0.326 e. The molecule has 0 fully saturated rings. The van der Waals surface area contributed by atoms with Crippen molar-refractivity contribution < 1.29 is 72.5 Å². The van der Waals surface area contributed by atoms with Crippen LogP contribution in [0.1, 0.15) is 71.4 Å². The Bertz CT molecular complexity index is 2970. The van der Waals surface area contributed by atoms with E-state index in [1.54, 1.807) is 75.4 Å². The van der Waals surface area contributed by atoms with Crippen molar-refractivity contribution in [1.82, 2.24) is 58.5 Å². The maximum absolute atomic E-state index is 14.6. The fraction of sp³-hybridized carbons (Fsp3) is 0.464. The second kappa shape index (κ2) is 35.8. The van der Waals surface area contributed by atoms with E-state index in [9.17, 15) is 72.5 Å². The lowest BCUT2D eigenvalue weighted by molar-refractivity contribution is -0.145. The molecule has 0 heterocycles. The molecule has 19 N–H and O–H groups in total. The van der Waals surface area contributed by atoms with Gasteiger partial charge in [0.2, 0.25) is 70.9 Å². The first-order valence-electron chi connectivity index (χ1n) is 27.5. The van der Waals surface area contributed by atoms with Gasteiger partial charge < -0.3 is 85.9 Å². The van der Waals surface area contributed by atoms with Crippen molar-refractivity contribution in [2.75, 3.05) is 38.5 Å². The summed E-state index contributed by atoms with van der Waals surface area (Å²) in [6.45, 7) is 4.17. The maximum Gasteiger partial charge on any atom is 0.326 e. The van der Waals surface area contributed by atoms with Gasteiger partial charge in [0, 0.05) is 38.5 Å². The van der Waals surface area contributed by atoms with Crippen LogP contribution in [0, 0.1) is 5.41 Å². The molecule has 0 spiro atoms. The van der Waals surface area contributed by atoms with Gasteiger partial charge in [-0.25, -0.2) is 4.79 Å². The minimum Gasteiger partial charge on any atom is -0.480 e. The van der Waals surface area contributed by atoms with E-state index < -0.39 is 170 Å². The number of aliphatic hydroxyl groups is 1. The standard InChI is InChI=1S/C56H79N15O15S/c1-30(72)46(53(84)64-28-45(78)71-47(54(85)86)56(3,4)5)70-44(77)27-62-49(80)37(19-20-41(57)74)68-52(83)39(24-33-17-18-34-14-9-10-15-35(34)22-33)69-51(82)38(23-32-12-7-6-8-13-32)67-43(76)26-61-48(79)36(16-11-21-60-55(58)59)66-42(75)25-63-50(81)40(29-87)65-31(2)73/h6-10,12-15,17-18,22,30,36-40,46-47,72,87H,11,16,19-21,23-29H2,1-5H3,(H2,57,74)(H,61,79)(H,62,80)(H,63,81)(H,64,84)(H,65,73)(H,66,75)(H,67,76)(H,68,83)(H,69,82)(H,70,77)(H,71,78)(H,85,86)(H4,58,59,60)/t30-,36+,37+,38+,39+,40+,46+,47-/m1/s1. The van der Waals surface area contributed by atoms with Crippen molar-refractivity contribution in [3.63, 3.8) is 0 Å². The Morgan fingerprint density at radius 3 is 1.53 bits per heavy atom. The number of nitrogens with two attached hydrogens (primary N) is 3. The number of aliphatic hydroxyl groups excluding tert-OH is 1. The number of guanidine groups is 1. The number of carbonyl (C=O) groups excluding carboxylic acids is 12. The number of carboxylic acid groups (broad SMARTS) is 1. The van der Waals surface area contributed by atoms with E-state index in [4.69, 9.17) is 17.2 Å². The van der Waals surface area contributed by atoms with Crippen LogP contribution in [0.4, 0.5) is 0 Å². The summed E-state index contributed by atoms with van der Waals surface area (Å²) in [5, 5.41) is 48.0. The molecule has 0 aromatic heterocycles. The first-order valence-corrected chi connectivity index (χ1v) is 28.1. The highest BCUT2D eigenvalue weighted by Crippen LogP contribution is 2.20. The van der Waals surface area contributed by atoms with Crippen molar-refractivity contribution in [1.29, 1.82) is 0 Å². The highest BCUT2D eigenvalue weighted by Gasteiger charge is 2.35. The summed E-state index contributed by atoms with van der Waals surface area (Å²) in [5.74, 6) is -12.2. The predicted molar refractivity (Wildman–Crippen MR) is 320 cm³/mol. The van der Waals surface area contributed by atoms with Gasteiger partial charge in [-0.3, -0.25) is 62.5 Å². The number of nitrogens with one attached hydrogen (secondary N) is 11. The molecule has 12 amide bonds. The molecule has 3 rings (SSSR count). The van der Waals surface area contributed by atoms with E-state index in [0.717, 1.165) is 17.7 Å². The van der Waals surface area contributed by atoms with E-state index in [1.807, 2.05) is 18.2 Å². The SMILES string of the molecule is CC(=O)N[C@@H](CS)C(=O)NCC(=O)N[C@@H](CCCN=C(N)N)C(=O)NCC(=O)N[C@@H](Cc1ccccc1)C(=O)N[C@@H](Cc1ccc2ccccc2c1)C(=O)N[C@@H](CCC(N)=O)C(=O)NCC(=O)N[C@H](C(=O)NCC(=O)N[C@H](C(=O)O)C(C)(C)C)[C@@H](C)O.